The number of hydrogen-bond donors (Lipinski definition) is 1. The van der Waals surface area contributed by atoms with E-state index in [4.69, 9.17) is 5.11 Å². The van der Waals surface area contributed by atoms with E-state index in [0.29, 0.717) is 35.0 Å². The van der Waals surface area contributed by atoms with E-state index in [0.717, 1.165) is 11.3 Å². The monoisotopic (exact) mass is 348 g/mol. The van der Waals surface area contributed by atoms with Gasteiger partial charge in [-0.1, -0.05) is 19.1 Å². The highest BCUT2D eigenvalue weighted by atomic mass is 32.1. The second kappa shape index (κ2) is 6.68. The van der Waals surface area contributed by atoms with E-state index in [1.54, 1.807) is 23.1 Å². The highest BCUT2D eigenvalue weighted by molar-refractivity contribution is 7.16. The molecule has 2 heterocycles. The molecule has 5 nitrogen and oxygen atoms in total. The molecule has 1 saturated heterocycles. The van der Waals surface area contributed by atoms with Gasteiger partial charge in [0.2, 0.25) is 0 Å². The first kappa shape index (κ1) is 16.6. The molecule has 1 aliphatic rings. The normalized spacial score (nSPS) is 20.8. The summed E-state index contributed by atoms with van der Waals surface area (Å²) >= 11 is 1.15. The number of aliphatic carboxylic acids is 1. The summed E-state index contributed by atoms with van der Waals surface area (Å²) in [5.74, 6) is -1.87. The first-order chi connectivity index (χ1) is 11.5. The summed E-state index contributed by atoms with van der Waals surface area (Å²) in [5, 5.41) is 9.62. The van der Waals surface area contributed by atoms with Gasteiger partial charge < -0.3 is 10.0 Å². The number of rotatable bonds is 3. The van der Waals surface area contributed by atoms with Gasteiger partial charge in [-0.25, -0.2) is 9.37 Å². The van der Waals surface area contributed by atoms with E-state index < -0.39 is 11.9 Å². The van der Waals surface area contributed by atoms with Crippen molar-refractivity contribution in [2.75, 3.05) is 13.1 Å². The van der Waals surface area contributed by atoms with Crippen LogP contribution in [-0.2, 0) is 4.79 Å². The summed E-state index contributed by atoms with van der Waals surface area (Å²) in [6.45, 7) is 2.66. The molecular weight excluding hydrogens is 331 g/mol. The van der Waals surface area contributed by atoms with E-state index in [2.05, 4.69) is 4.98 Å². The van der Waals surface area contributed by atoms with Crippen LogP contribution < -0.4 is 0 Å². The fraction of sp³-hybridized carbons (Fsp3) is 0.353. The van der Waals surface area contributed by atoms with Gasteiger partial charge in [0.15, 0.2) is 0 Å². The Hall–Kier alpha value is -2.28. The van der Waals surface area contributed by atoms with Crippen LogP contribution in [0.25, 0.3) is 10.6 Å². The maximum atomic E-state index is 13.8. The van der Waals surface area contributed by atoms with Crippen LogP contribution in [0.2, 0.25) is 0 Å². The predicted molar refractivity (Wildman–Crippen MR) is 88.3 cm³/mol. The zero-order valence-electron chi connectivity index (χ0n) is 13.1. The minimum Gasteiger partial charge on any atom is -0.481 e. The van der Waals surface area contributed by atoms with Crippen LogP contribution in [0.15, 0.2) is 30.5 Å². The molecule has 2 atom stereocenters. The van der Waals surface area contributed by atoms with Gasteiger partial charge in [0.1, 0.15) is 15.7 Å². The van der Waals surface area contributed by atoms with Crippen molar-refractivity contribution in [2.24, 2.45) is 11.8 Å². The number of carboxylic acids is 1. The Balaban J connectivity index is 1.75. The highest BCUT2D eigenvalue weighted by Crippen LogP contribution is 2.30. The molecule has 1 N–H and O–H groups in total. The van der Waals surface area contributed by atoms with Crippen LogP contribution in [0.5, 0.6) is 0 Å². The predicted octanol–water partition coefficient (Wildman–Crippen LogP) is 3.13. The molecule has 126 valence electrons. The number of hydrogen-bond acceptors (Lipinski definition) is 4. The Morgan fingerprint density at radius 2 is 2.12 bits per heavy atom. The zero-order valence-corrected chi connectivity index (χ0v) is 13.9. The van der Waals surface area contributed by atoms with Crippen LogP contribution in [0.1, 0.15) is 23.0 Å². The van der Waals surface area contributed by atoms with E-state index in [-0.39, 0.29) is 17.6 Å². The smallest absolute Gasteiger partial charge is 0.306 e. The van der Waals surface area contributed by atoms with E-state index in [9.17, 15) is 14.0 Å². The molecule has 24 heavy (non-hydrogen) atoms. The summed E-state index contributed by atoms with van der Waals surface area (Å²) in [6.07, 6.45) is 1.91. The van der Waals surface area contributed by atoms with Gasteiger partial charge in [-0.15, -0.1) is 11.3 Å². The number of nitrogens with zero attached hydrogens (tertiary/aromatic N) is 2. The Morgan fingerprint density at radius 3 is 2.79 bits per heavy atom. The van der Waals surface area contributed by atoms with Crippen LogP contribution in [0.4, 0.5) is 4.39 Å². The fourth-order valence-electron chi connectivity index (χ4n) is 2.98. The molecule has 0 bridgehead atoms. The van der Waals surface area contributed by atoms with Gasteiger partial charge in [-0.3, -0.25) is 9.59 Å². The number of amides is 1. The molecule has 0 radical (unpaired) electrons. The summed E-state index contributed by atoms with van der Waals surface area (Å²) in [7, 11) is 0. The van der Waals surface area contributed by atoms with Crippen LogP contribution in [0, 0.1) is 17.7 Å². The summed E-state index contributed by atoms with van der Waals surface area (Å²) in [4.78, 5) is 30.0. The maximum Gasteiger partial charge on any atom is 0.306 e. The lowest BCUT2D eigenvalue weighted by Crippen LogP contribution is -2.44. The minimum absolute atomic E-state index is 0.0980. The van der Waals surface area contributed by atoms with Crippen molar-refractivity contribution in [1.82, 2.24) is 9.88 Å². The van der Waals surface area contributed by atoms with E-state index in [1.165, 1.54) is 12.3 Å². The third kappa shape index (κ3) is 3.17. The molecule has 1 aromatic carbocycles. The van der Waals surface area contributed by atoms with Gasteiger partial charge in [0.05, 0.1) is 12.1 Å². The molecule has 0 aliphatic carbocycles. The second-order valence-electron chi connectivity index (χ2n) is 5.97. The molecular formula is C17H17FN2O3S. The Labute approximate surface area is 142 Å². The number of benzene rings is 1. The molecule has 3 rings (SSSR count). The number of likely N-dealkylation sites (tertiary alicyclic amines) is 1. The Morgan fingerprint density at radius 1 is 1.38 bits per heavy atom. The molecule has 0 spiro atoms. The van der Waals surface area contributed by atoms with Gasteiger partial charge >= 0.3 is 5.97 Å². The van der Waals surface area contributed by atoms with Gasteiger partial charge in [-0.2, -0.15) is 0 Å². The summed E-state index contributed by atoms with van der Waals surface area (Å²) < 4.78 is 13.8. The van der Waals surface area contributed by atoms with Crippen molar-refractivity contribution >= 4 is 23.2 Å². The quantitative estimate of drug-likeness (QED) is 0.925. The first-order valence-electron chi connectivity index (χ1n) is 7.70. The number of thiazole rings is 1. The number of piperidine rings is 1. The first-order valence-corrected chi connectivity index (χ1v) is 8.52. The van der Waals surface area contributed by atoms with E-state index in [1.807, 2.05) is 6.92 Å². The van der Waals surface area contributed by atoms with Crippen molar-refractivity contribution in [2.45, 2.75) is 13.3 Å². The lowest BCUT2D eigenvalue weighted by molar-refractivity contribution is -0.145. The third-order valence-electron chi connectivity index (χ3n) is 4.33. The summed E-state index contributed by atoms with van der Waals surface area (Å²) in [6, 6.07) is 6.31. The largest absolute Gasteiger partial charge is 0.481 e. The highest BCUT2D eigenvalue weighted by Gasteiger charge is 2.33. The average Bonchev–Trinajstić information content (AvgIpc) is 3.03. The minimum atomic E-state index is -0.811. The molecule has 7 heteroatoms. The van der Waals surface area contributed by atoms with Crippen molar-refractivity contribution in [3.05, 3.63) is 41.2 Å². The van der Waals surface area contributed by atoms with Gasteiger partial charge in [-0.05, 0) is 24.5 Å². The molecule has 1 aromatic heterocycles. The lowest BCUT2D eigenvalue weighted by Gasteiger charge is -2.34. The average molecular weight is 348 g/mol. The topological polar surface area (TPSA) is 70.5 Å². The van der Waals surface area contributed by atoms with Crippen LogP contribution in [0.3, 0.4) is 0 Å². The number of carbonyl (C=O) groups is 2. The molecule has 1 aliphatic heterocycles. The Kier molecular flexibility index (Phi) is 4.62. The zero-order chi connectivity index (χ0) is 17.3. The second-order valence-corrected chi connectivity index (χ2v) is 7.00. The van der Waals surface area contributed by atoms with E-state index >= 15 is 0 Å². The molecule has 1 fully saturated rings. The number of halogens is 1. The summed E-state index contributed by atoms with van der Waals surface area (Å²) in [5.41, 5.74) is 0.375. The number of carboxylic acid groups (broad SMARTS) is 1. The molecule has 2 aromatic rings. The maximum absolute atomic E-state index is 13.8. The SMILES string of the molecule is CC1CN(C(=O)c2cnc(-c3ccccc3F)s2)CCC1C(=O)O. The van der Waals surface area contributed by atoms with Crippen LogP contribution in [-0.4, -0.2) is 40.0 Å². The standard InChI is InChI=1S/C17H17FN2O3S/c1-10-9-20(7-6-11(10)17(22)23)16(21)14-8-19-15(24-14)12-4-2-3-5-13(12)18/h2-5,8,10-11H,6-7,9H2,1H3,(H,22,23). The number of aromatic nitrogens is 1. The molecule has 0 saturated carbocycles. The van der Waals surface area contributed by atoms with Gasteiger partial charge in [0, 0.05) is 18.7 Å². The molecule has 2 unspecified atom stereocenters. The number of carbonyl (C=O) groups excluding carboxylic acids is 1. The van der Waals surface area contributed by atoms with Crippen molar-refractivity contribution < 1.29 is 19.1 Å². The van der Waals surface area contributed by atoms with Crippen LogP contribution >= 0.6 is 11.3 Å². The van der Waals surface area contributed by atoms with Crippen molar-refractivity contribution in [3.63, 3.8) is 0 Å². The Bertz CT molecular complexity index is 777. The van der Waals surface area contributed by atoms with Crippen molar-refractivity contribution in [3.8, 4) is 10.6 Å². The third-order valence-corrected chi connectivity index (χ3v) is 5.35. The fourth-order valence-corrected chi connectivity index (χ4v) is 3.90. The van der Waals surface area contributed by atoms with Gasteiger partial charge in [0.25, 0.3) is 5.91 Å². The lowest BCUT2D eigenvalue weighted by atomic mass is 9.87. The van der Waals surface area contributed by atoms with Crippen molar-refractivity contribution in [1.29, 1.82) is 0 Å². The molecule has 1 amide bonds.